The maximum Gasteiger partial charge on any atom is 0.338 e. The summed E-state index contributed by atoms with van der Waals surface area (Å²) in [5, 5.41) is 15.9. The van der Waals surface area contributed by atoms with Gasteiger partial charge in [0.25, 0.3) is 0 Å². The molecule has 4 rings (SSSR count). The molecule has 164 valence electrons. The van der Waals surface area contributed by atoms with Crippen molar-refractivity contribution >= 4 is 35.1 Å². The lowest BCUT2D eigenvalue weighted by Gasteiger charge is -2.27. The summed E-state index contributed by atoms with van der Waals surface area (Å²) in [6, 6.07) is 12.0. The Morgan fingerprint density at radius 3 is 2.75 bits per heavy atom. The molecule has 0 aliphatic carbocycles. The second-order valence-electron chi connectivity index (χ2n) is 6.99. The van der Waals surface area contributed by atoms with E-state index in [2.05, 4.69) is 27.4 Å². The summed E-state index contributed by atoms with van der Waals surface area (Å²) >= 11 is 12.1. The second kappa shape index (κ2) is 9.42. The topological polar surface area (TPSA) is 91.2 Å². The van der Waals surface area contributed by atoms with E-state index < -0.39 is 12.0 Å². The molecule has 8 nitrogen and oxygen atoms in total. The lowest BCUT2D eigenvalue weighted by molar-refractivity contribution is -0.138. The second-order valence-corrected chi connectivity index (χ2v) is 7.84. The highest BCUT2D eigenvalue weighted by atomic mass is 35.5. The molecule has 2 heterocycles. The number of aromatic nitrogens is 4. The lowest BCUT2D eigenvalue weighted by Crippen LogP contribution is -2.29. The number of fused-ring (bicyclic) bond motifs is 1. The predicted molar refractivity (Wildman–Crippen MR) is 121 cm³/mol. The summed E-state index contributed by atoms with van der Waals surface area (Å²) in [6.45, 7) is 5.76. The van der Waals surface area contributed by atoms with Crippen LogP contribution in [0.2, 0.25) is 10.0 Å². The summed E-state index contributed by atoms with van der Waals surface area (Å²) in [6.07, 6.45) is 1.51. The first kappa shape index (κ1) is 21.9. The van der Waals surface area contributed by atoms with E-state index >= 15 is 0 Å². The number of carbonyl (C=O) groups excluding carboxylic acids is 1. The van der Waals surface area contributed by atoms with Gasteiger partial charge in [-0.15, -0.1) is 0 Å². The number of ether oxygens (including phenoxy) is 2. The minimum Gasteiger partial charge on any atom is -0.489 e. The van der Waals surface area contributed by atoms with Gasteiger partial charge in [-0.3, -0.25) is 0 Å². The molecule has 0 bridgehead atoms. The third kappa shape index (κ3) is 4.46. The monoisotopic (exact) mass is 471 g/mol. The molecule has 0 fully saturated rings. The summed E-state index contributed by atoms with van der Waals surface area (Å²) < 4.78 is 12.7. The molecule has 0 amide bonds. The van der Waals surface area contributed by atoms with Crippen molar-refractivity contribution in [1.82, 2.24) is 20.2 Å². The molecular weight excluding hydrogens is 453 g/mol. The molecule has 1 aromatic heterocycles. The van der Waals surface area contributed by atoms with E-state index in [-0.39, 0.29) is 13.2 Å². The van der Waals surface area contributed by atoms with Gasteiger partial charge in [0, 0.05) is 21.3 Å². The van der Waals surface area contributed by atoms with Gasteiger partial charge in [0.05, 0.1) is 5.57 Å². The van der Waals surface area contributed by atoms with Crippen LogP contribution in [0.3, 0.4) is 0 Å². The number of rotatable bonds is 7. The molecule has 1 N–H and O–H groups in total. The van der Waals surface area contributed by atoms with Gasteiger partial charge in [0.1, 0.15) is 25.0 Å². The van der Waals surface area contributed by atoms with E-state index in [1.165, 1.54) is 6.08 Å². The molecule has 1 aliphatic heterocycles. The molecule has 0 saturated carbocycles. The fourth-order valence-electron chi connectivity index (χ4n) is 3.34. The minimum absolute atomic E-state index is 0.102. The van der Waals surface area contributed by atoms with Gasteiger partial charge in [0.2, 0.25) is 5.95 Å². The smallest absolute Gasteiger partial charge is 0.338 e. The summed E-state index contributed by atoms with van der Waals surface area (Å²) in [5.74, 6) is 0.603. The average molecular weight is 472 g/mol. The van der Waals surface area contributed by atoms with Crippen LogP contribution in [0, 0.1) is 0 Å². The summed E-state index contributed by atoms with van der Waals surface area (Å²) in [4.78, 5) is 12.8. The number of allylic oxidation sites excluding steroid dienone is 1. The first-order chi connectivity index (χ1) is 15.5. The van der Waals surface area contributed by atoms with Crippen LogP contribution < -0.4 is 10.1 Å². The van der Waals surface area contributed by atoms with Crippen molar-refractivity contribution in [3.63, 3.8) is 0 Å². The Bertz CT molecular complexity index is 1190. The Kier molecular flexibility index (Phi) is 6.43. The van der Waals surface area contributed by atoms with Crippen LogP contribution in [0.15, 0.2) is 66.4 Å². The zero-order valence-electron chi connectivity index (χ0n) is 17.1. The third-order valence-corrected chi connectivity index (χ3v) is 5.46. The lowest BCUT2D eigenvalue weighted by atomic mass is 9.96. The van der Waals surface area contributed by atoms with Crippen molar-refractivity contribution in [3.05, 3.63) is 87.6 Å². The maximum atomic E-state index is 12.8. The van der Waals surface area contributed by atoms with Crippen LogP contribution in [-0.2, 0) is 16.1 Å². The summed E-state index contributed by atoms with van der Waals surface area (Å²) in [7, 11) is 0. The van der Waals surface area contributed by atoms with E-state index in [0.717, 1.165) is 11.1 Å². The molecule has 2 aromatic carbocycles. The van der Waals surface area contributed by atoms with Crippen LogP contribution in [0.5, 0.6) is 5.75 Å². The molecule has 0 spiro atoms. The minimum atomic E-state index is -0.557. The van der Waals surface area contributed by atoms with E-state index in [1.807, 2.05) is 30.3 Å². The normalized spacial score (nSPS) is 15.0. The highest BCUT2D eigenvalue weighted by molar-refractivity contribution is 6.35. The standard InChI is InChI=1S/C22H19Cl2N5O3/c1-3-10-31-21(30)19-13(2)25-22-26-27-28-29(22)20(19)14-5-8-17(9-6-14)32-12-15-4-7-16(23)11-18(15)24/h3-9,11,20H,1,10,12H2,2H3,(H,25,26,28). The van der Waals surface area contributed by atoms with Crippen LogP contribution >= 0.6 is 23.2 Å². The number of esters is 1. The molecule has 1 aliphatic rings. The molecule has 1 atom stereocenters. The average Bonchev–Trinajstić information content (AvgIpc) is 3.24. The number of carbonyl (C=O) groups is 1. The number of nitrogens with zero attached hydrogens (tertiary/aromatic N) is 4. The number of nitrogens with one attached hydrogen (secondary N) is 1. The van der Waals surface area contributed by atoms with Crippen molar-refractivity contribution in [3.8, 4) is 5.75 Å². The van der Waals surface area contributed by atoms with E-state index in [9.17, 15) is 4.79 Å². The van der Waals surface area contributed by atoms with Gasteiger partial charge in [-0.1, -0.05) is 59.2 Å². The van der Waals surface area contributed by atoms with Crippen molar-refractivity contribution in [2.45, 2.75) is 19.6 Å². The zero-order valence-corrected chi connectivity index (χ0v) is 18.6. The molecule has 10 heteroatoms. The Hall–Kier alpha value is -3.36. The van der Waals surface area contributed by atoms with Crippen LogP contribution in [-0.4, -0.2) is 32.8 Å². The molecule has 0 radical (unpaired) electrons. The predicted octanol–water partition coefficient (Wildman–Crippen LogP) is 4.58. The number of benzene rings is 2. The molecule has 3 aromatic rings. The van der Waals surface area contributed by atoms with E-state index in [1.54, 1.807) is 23.7 Å². The quantitative estimate of drug-likeness (QED) is 0.398. The first-order valence-electron chi connectivity index (χ1n) is 9.68. The van der Waals surface area contributed by atoms with Gasteiger partial charge in [0.15, 0.2) is 0 Å². The van der Waals surface area contributed by atoms with Crippen molar-refractivity contribution in [2.75, 3.05) is 11.9 Å². The molecule has 0 saturated heterocycles. The Labute approximate surface area is 194 Å². The van der Waals surface area contributed by atoms with Gasteiger partial charge in [-0.05, 0) is 47.2 Å². The highest BCUT2D eigenvalue weighted by Crippen LogP contribution is 2.35. The van der Waals surface area contributed by atoms with Gasteiger partial charge >= 0.3 is 5.97 Å². The Balaban J connectivity index is 1.58. The summed E-state index contributed by atoms with van der Waals surface area (Å²) in [5.41, 5.74) is 2.64. The van der Waals surface area contributed by atoms with Crippen LogP contribution in [0.25, 0.3) is 0 Å². The number of anilines is 1. The first-order valence-corrected chi connectivity index (χ1v) is 10.4. The van der Waals surface area contributed by atoms with Crippen molar-refractivity contribution in [1.29, 1.82) is 0 Å². The third-order valence-electron chi connectivity index (χ3n) is 4.87. The van der Waals surface area contributed by atoms with Crippen LogP contribution in [0.4, 0.5) is 5.95 Å². The van der Waals surface area contributed by atoms with Crippen molar-refractivity contribution in [2.24, 2.45) is 0 Å². The van der Waals surface area contributed by atoms with E-state index in [0.29, 0.717) is 33.0 Å². The number of halogens is 2. The largest absolute Gasteiger partial charge is 0.489 e. The number of hydrogen-bond acceptors (Lipinski definition) is 7. The zero-order chi connectivity index (χ0) is 22.7. The molecule has 1 unspecified atom stereocenters. The Morgan fingerprint density at radius 1 is 1.25 bits per heavy atom. The number of tetrazole rings is 1. The van der Waals surface area contributed by atoms with E-state index in [4.69, 9.17) is 32.7 Å². The van der Waals surface area contributed by atoms with Gasteiger partial charge < -0.3 is 14.8 Å². The Morgan fingerprint density at radius 2 is 2.03 bits per heavy atom. The number of hydrogen-bond donors (Lipinski definition) is 1. The fourth-order valence-corrected chi connectivity index (χ4v) is 3.81. The van der Waals surface area contributed by atoms with Gasteiger partial charge in [-0.25, -0.2) is 4.79 Å². The molecular formula is C22H19Cl2N5O3. The van der Waals surface area contributed by atoms with Gasteiger partial charge in [-0.2, -0.15) is 4.68 Å². The highest BCUT2D eigenvalue weighted by Gasteiger charge is 2.34. The van der Waals surface area contributed by atoms with Crippen LogP contribution in [0.1, 0.15) is 24.1 Å². The maximum absolute atomic E-state index is 12.8. The van der Waals surface area contributed by atoms with Crippen molar-refractivity contribution < 1.29 is 14.3 Å². The SMILES string of the molecule is C=CCOC(=O)C1=C(C)Nc2nnnn2C1c1ccc(OCc2ccc(Cl)cc2Cl)cc1. The fraction of sp³-hybridized carbons (Fsp3) is 0.182. The molecule has 32 heavy (non-hydrogen) atoms.